The molecule has 0 aliphatic rings. The Morgan fingerprint density at radius 3 is 2.66 bits per heavy atom. The van der Waals surface area contributed by atoms with Gasteiger partial charge in [0.05, 0.1) is 4.92 Å². The molecule has 1 N–H and O–H groups in total. The SMILES string of the molecule is O=[N+]([O-])c1c(NCc2ccc(-c3csnn3)cc2)ncnc1Oc1cc(F)cc(F)c1Cl. The van der Waals surface area contributed by atoms with Crippen LogP contribution in [0.4, 0.5) is 20.3 Å². The quantitative estimate of drug-likeness (QED) is 0.219. The minimum Gasteiger partial charge on any atom is -0.432 e. The largest absolute Gasteiger partial charge is 0.432 e. The van der Waals surface area contributed by atoms with Crippen molar-refractivity contribution in [2.75, 3.05) is 5.32 Å². The van der Waals surface area contributed by atoms with Gasteiger partial charge in [0.15, 0.2) is 5.75 Å². The number of aromatic nitrogens is 4. The average molecular weight is 477 g/mol. The summed E-state index contributed by atoms with van der Waals surface area (Å²) in [6.07, 6.45) is 1.02. The van der Waals surface area contributed by atoms with Gasteiger partial charge in [0, 0.05) is 29.6 Å². The number of rotatable bonds is 7. The van der Waals surface area contributed by atoms with Crippen molar-refractivity contribution in [1.82, 2.24) is 19.6 Å². The van der Waals surface area contributed by atoms with Crippen molar-refractivity contribution in [2.45, 2.75) is 6.54 Å². The van der Waals surface area contributed by atoms with Gasteiger partial charge in [-0.05, 0) is 17.1 Å². The Bertz CT molecular complexity index is 1280. The molecule has 0 fully saturated rings. The van der Waals surface area contributed by atoms with Gasteiger partial charge in [0.2, 0.25) is 5.82 Å². The molecule has 0 bridgehead atoms. The monoisotopic (exact) mass is 476 g/mol. The second kappa shape index (κ2) is 9.16. The highest BCUT2D eigenvalue weighted by molar-refractivity contribution is 7.03. The summed E-state index contributed by atoms with van der Waals surface area (Å²) in [5.41, 5.74) is 1.82. The summed E-state index contributed by atoms with van der Waals surface area (Å²) in [5.74, 6) is -3.15. The van der Waals surface area contributed by atoms with Crippen LogP contribution in [0, 0.1) is 21.7 Å². The van der Waals surface area contributed by atoms with Crippen molar-refractivity contribution in [1.29, 1.82) is 0 Å². The van der Waals surface area contributed by atoms with E-state index < -0.39 is 38.9 Å². The fourth-order valence-corrected chi connectivity index (χ4v) is 3.32. The van der Waals surface area contributed by atoms with E-state index in [-0.39, 0.29) is 12.4 Å². The number of benzene rings is 2. The Balaban J connectivity index is 1.56. The van der Waals surface area contributed by atoms with Gasteiger partial charge < -0.3 is 10.1 Å². The van der Waals surface area contributed by atoms with Crippen LogP contribution in [0.2, 0.25) is 5.02 Å². The lowest BCUT2D eigenvalue weighted by Gasteiger charge is -2.11. The number of halogens is 3. The summed E-state index contributed by atoms with van der Waals surface area (Å²) >= 11 is 7.02. The Morgan fingerprint density at radius 1 is 1.19 bits per heavy atom. The number of nitrogens with one attached hydrogen (secondary N) is 1. The minimum atomic E-state index is -1.08. The number of nitro groups is 1. The molecule has 0 radical (unpaired) electrons. The first-order chi connectivity index (χ1) is 15.4. The summed E-state index contributed by atoms with van der Waals surface area (Å²) in [7, 11) is 0. The molecule has 9 nitrogen and oxygen atoms in total. The predicted octanol–water partition coefficient (Wildman–Crippen LogP) is 5.24. The van der Waals surface area contributed by atoms with Crippen LogP contribution in [-0.4, -0.2) is 24.5 Å². The zero-order valence-corrected chi connectivity index (χ0v) is 17.4. The zero-order chi connectivity index (χ0) is 22.7. The van der Waals surface area contributed by atoms with Gasteiger partial charge in [0.1, 0.15) is 28.7 Å². The molecule has 4 rings (SSSR count). The minimum absolute atomic E-state index is 0.138. The van der Waals surface area contributed by atoms with E-state index in [2.05, 4.69) is 24.9 Å². The molecule has 32 heavy (non-hydrogen) atoms. The zero-order valence-electron chi connectivity index (χ0n) is 15.8. The van der Waals surface area contributed by atoms with Gasteiger partial charge in [-0.15, -0.1) is 5.10 Å². The van der Waals surface area contributed by atoms with E-state index in [0.717, 1.165) is 29.2 Å². The number of nitrogens with zero attached hydrogens (tertiary/aromatic N) is 5. The molecule has 0 spiro atoms. The molecule has 0 aliphatic carbocycles. The van der Waals surface area contributed by atoms with Crippen molar-refractivity contribution >= 4 is 34.6 Å². The normalized spacial score (nSPS) is 10.7. The number of ether oxygens (including phenoxy) is 1. The van der Waals surface area contributed by atoms with E-state index in [1.807, 2.05) is 29.6 Å². The molecular weight excluding hydrogens is 466 g/mol. The molecule has 0 saturated heterocycles. The Morgan fingerprint density at radius 2 is 1.97 bits per heavy atom. The van der Waals surface area contributed by atoms with Crippen LogP contribution in [0.5, 0.6) is 11.6 Å². The van der Waals surface area contributed by atoms with Gasteiger partial charge in [-0.1, -0.05) is 40.4 Å². The van der Waals surface area contributed by atoms with Crippen LogP contribution in [-0.2, 0) is 6.54 Å². The molecule has 0 saturated carbocycles. The fourth-order valence-electron chi connectivity index (χ4n) is 2.71. The standard InChI is InChI=1S/C19H11ClF2N6O3S/c20-16-13(22)5-12(21)6-15(16)31-19-17(28(29)30)18(24-9-25-19)23-7-10-1-3-11(4-2-10)14-8-32-27-26-14/h1-6,8-9H,7H2,(H,23,24,25). The van der Waals surface area contributed by atoms with Crippen molar-refractivity contribution in [3.63, 3.8) is 0 Å². The van der Waals surface area contributed by atoms with Gasteiger partial charge in [-0.25, -0.2) is 13.8 Å². The van der Waals surface area contributed by atoms with E-state index in [9.17, 15) is 18.9 Å². The van der Waals surface area contributed by atoms with Crippen LogP contribution >= 0.6 is 23.1 Å². The van der Waals surface area contributed by atoms with Crippen LogP contribution in [0.3, 0.4) is 0 Å². The van der Waals surface area contributed by atoms with Crippen molar-refractivity contribution < 1.29 is 18.4 Å². The lowest BCUT2D eigenvalue weighted by molar-refractivity contribution is -0.385. The molecule has 0 unspecified atom stereocenters. The molecule has 2 heterocycles. The van der Waals surface area contributed by atoms with Crippen molar-refractivity contribution in [3.05, 3.63) is 80.4 Å². The second-order valence-corrected chi connectivity index (χ2v) is 7.26. The van der Waals surface area contributed by atoms with Crippen molar-refractivity contribution in [2.24, 2.45) is 0 Å². The Labute approximate surface area is 188 Å². The summed E-state index contributed by atoms with van der Waals surface area (Å²) < 4.78 is 36.3. The highest BCUT2D eigenvalue weighted by Crippen LogP contribution is 2.38. The van der Waals surface area contributed by atoms with Gasteiger partial charge >= 0.3 is 11.6 Å². The van der Waals surface area contributed by atoms with Gasteiger partial charge in [0.25, 0.3) is 0 Å². The van der Waals surface area contributed by atoms with Crippen molar-refractivity contribution in [3.8, 4) is 22.9 Å². The highest BCUT2D eigenvalue weighted by Gasteiger charge is 2.26. The first kappa shape index (κ1) is 21.5. The molecule has 13 heteroatoms. The second-order valence-electron chi connectivity index (χ2n) is 6.28. The summed E-state index contributed by atoms with van der Waals surface area (Å²) in [6.45, 7) is 0.197. The summed E-state index contributed by atoms with van der Waals surface area (Å²) in [5, 5.41) is 19.8. The van der Waals surface area contributed by atoms with Crippen LogP contribution in [0.1, 0.15) is 5.56 Å². The smallest absolute Gasteiger partial charge is 0.373 e. The van der Waals surface area contributed by atoms with Gasteiger partial charge in [-0.2, -0.15) is 4.98 Å². The van der Waals surface area contributed by atoms with E-state index in [1.54, 1.807) is 0 Å². The fraction of sp³-hybridized carbons (Fsp3) is 0.0526. The third kappa shape index (κ3) is 4.60. The number of anilines is 1. The van der Waals surface area contributed by atoms with E-state index in [1.165, 1.54) is 11.5 Å². The van der Waals surface area contributed by atoms with E-state index in [0.29, 0.717) is 6.07 Å². The molecular formula is C19H11ClF2N6O3S. The predicted molar refractivity (Wildman–Crippen MR) is 113 cm³/mol. The molecule has 2 aromatic heterocycles. The average Bonchev–Trinajstić information content (AvgIpc) is 3.31. The Kier molecular flexibility index (Phi) is 6.14. The molecule has 0 atom stereocenters. The number of hydrogen-bond donors (Lipinski definition) is 1. The van der Waals surface area contributed by atoms with Crippen LogP contribution < -0.4 is 10.1 Å². The molecule has 2 aromatic carbocycles. The molecule has 0 amide bonds. The number of hydrogen-bond acceptors (Lipinski definition) is 9. The summed E-state index contributed by atoms with van der Waals surface area (Å²) in [6, 6.07) is 8.69. The Hall–Kier alpha value is -3.77. The highest BCUT2D eigenvalue weighted by atomic mass is 35.5. The molecule has 0 aliphatic heterocycles. The van der Waals surface area contributed by atoms with E-state index >= 15 is 0 Å². The van der Waals surface area contributed by atoms with E-state index in [4.69, 9.17) is 16.3 Å². The topological polar surface area (TPSA) is 116 Å². The molecule has 4 aromatic rings. The van der Waals surface area contributed by atoms with Crippen LogP contribution in [0.25, 0.3) is 11.3 Å². The maximum Gasteiger partial charge on any atom is 0.373 e. The first-order valence-corrected chi connectivity index (χ1v) is 10.1. The summed E-state index contributed by atoms with van der Waals surface area (Å²) in [4.78, 5) is 18.5. The first-order valence-electron chi connectivity index (χ1n) is 8.84. The molecule has 162 valence electrons. The maximum absolute atomic E-state index is 13.7. The third-order valence-electron chi connectivity index (χ3n) is 4.21. The van der Waals surface area contributed by atoms with Gasteiger partial charge in [-0.3, -0.25) is 10.1 Å². The van der Waals surface area contributed by atoms with Crippen LogP contribution in [0.15, 0.2) is 48.1 Å². The maximum atomic E-state index is 13.7. The lowest BCUT2D eigenvalue weighted by Crippen LogP contribution is -2.07. The lowest BCUT2D eigenvalue weighted by atomic mass is 10.1. The third-order valence-corrected chi connectivity index (χ3v) is 5.08.